The third-order valence-corrected chi connectivity index (χ3v) is 3.14. The van der Waals surface area contributed by atoms with Crippen LogP contribution in [0.5, 0.6) is 0 Å². The molecule has 18 heavy (non-hydrogen) atoms. The number of aromatic amines is 1. The number of aromatic nitrogens is 2. The average molecular weight is 240 g/mol. The number of carboxylic acids is 1. The zero-order chi connectivity index (χ0) is 12.9. The molecule has 3 rings (SSSR count). The van der Waals surface area contributed by atoms with Crippen molar-refractivity contribution in [1.29, 1.82) is 0 Å². The summed E-state index contributed by atoms with van der Waals surface area (Å²) in [5.74, 6) is -0.998. The van der Waals surface area contributed by atoms with E-state index < -0.39 is 5.97 Å². The van der Waals surface area contributed by atoms with E-state index in [0.717, 1.165) is 27.4 Å². The smallest absolute Gasteiger partial charge is 0.354 e. The van der Waals surface area contributed by atoms with Crippen molar-refractivity contribution in [3.05, 3.63) is 41.2 Å². The first-order chi connectivity index (χ1) is 8.56. The van der Waals surface area contributed by atoms with Crippen molar-refractivity contribution >= 4 is 27.8 Å². The van der Waals surface area contributed by atoms with Gasteiger partial charge in [0, 0.05) is 16.3 Å². The van der Waals surface area contributed by atoms with Crippen LogP contribution in [0.3, 0.4) is 0 Å². The van der Waals surface area contributed by atoms with Crippen LogP contribution in [0.4, 0.5) is 0 Å². The fourth-order valence-electron chi connectivity index (χ4n) is 2.28. The van der Waals surface area contributed by atoms with Crippen molar-refractivity contribution < 1.29 is 9.90 Å². The molecule has 0 unspecified atom stereocenters. The lowest BCUT2D eigenvalue weighted by Crippen LogP contribution is -2.01. The van der Waals surface area contributed by atoms with E-state index >= 15 is 0 Å². The van der Waals surface area contributed by atoms with Gasteiger partial charge in [-0.3, -0.25) is 0 Å². The molecular weight excluding hydrogens is 228 g/mol. The maximum atomic E-state index is 11.0. The summed E-state index contributed by atoms with van der Waals surface area (Å²) < 4.78 is 0. The van der Waals surface area contributed by atoms with E-state index in [9.17, 15) is 4.79 Å². The van der Waals surface area contributed by atoms with Gasteiger partial charge in [0.15, 0.2) is 0 Å². The summed E-state index contributed by atoms with van der Waals surface area (Å²) in [6, 6.07) is 7.71. The molecule has 0 atom stereocenters. The second-order valence-corrected chi connectivity index (χ2v) is 4.49. The summed E-state index contributed by atoms with van der Waals surface area (Å²) in [7, 11) is 0. The molecule has 3 aromatic rings. The maximum Gasteiger partial charge on any atom is 0.354 e. The van der Waals surface area contributed by atoms with E-state index in [1.54, 1.807) is 6.07 Å². The molecule has 1 aromatic carbocycles. The van der Waals surface area contributed by atoms with Crippen molar-refractivity contribution in [2.24, 2.45) is 0 Å². The highest BCUT2D eigenvalue weighted by Crippen LogP contribution is 2.28. The molecule has 0 saturated heterocycles. The molecule has 4 nitrogen and oxygen atoms in total. The number of hydrogen-bond acceptors (Lipinski definition) is 2. The Balaban J connectivity index is 2.49. The summed E-state index contributed by atoms with van der Waals surface area (Å²) >= 11 is 0. The predicted molar refractivity (Wildman–Crippen MR) is 70.0 cm³/mol. The molecule has 0 aliphatic rings. The van der Waals surface area contributed by atoms with Gasteiger partial charge in [-0.1, -0.05) is 11.6 Å². The van der Waals surface area contributed by atoms with Gasteiger partial charge in [-0.05, 0) is 32.0 Å². The van der Waals surface area contributed by atoms with Gasteiger partial charge >= 0.3 is 5.97 Å². The second kappa shape index (κ2) is 3.57. The van der Waals surface area contributed by atoms with Gasteiger partial charge in [0.05, 0.1) is 11.2 Å². The number of carbonyl (C=O) groups is 1. The van der Waals surface area contributed by atoms with Crippen molar-refractivity contribution in [1.82, 2.24) is 9.97 Å². The summed E-state index contributed by atoms with van der Waals surface area (Å²) in [5.41, 5.74) is 3.85. The summed E-state index contributed by atoms with van der Waals surface area (Å²) in [6.07, 6.45) is 0. The van der Waals surface area contributed by atoms with E-state index in [4.69, 9.17) is 5.11 Å². The molecule has 0 radical (unpaired) electrons. The fourth-order valence-corrected chi connectivity index (χ4v) is 2.28. The van der Waals surface area contributed by atoms with Crippen molar-refractivity contribution in [3.8, 4) is 0 Å². The third-order valence-electron chi connectivity index (χ3n) is 3.14. The monoisotopic (exact) mass is 240 g/mol. The number of nitrogens with one attached hydrogen (secondary N) is 1. The van der Waals surface area contributed by atoms with Crippen molar-refractivity contribution in [3.63, 3.8) is 0 Å². The molecule has 0 aliphatic heterocycles. The molecule has 2 aromatic heterocycles. The van der Waals surface area contributed by atoms with Crippen LogP contribution >= 0.6 is 0 Å². The molecule has 0 spiro atoms. The number of rotatable bonds is 1. The lowest BCUT2D eigenvalue weighted by atomic mass is 10.1. The molecule has 90 valence electrons. The van der Waals surface area contributed by atoms with E-state index in [0.29, 0.717) is 5.69 Å². The molecule has 2 heterocycles. The topological polar surface area (TPSA) is 66.0 Å². The zero-order valence-corrected chi connectivity index (χ0v) is 10.1. The van der Waals surface area contributed by atoms with E-state index in [-0.39, 0.29) is 5.69 Å². The second-order valence-electron chi connectivity index (χ2n) is 4.49. The van der Waals surface area contributed by atoms with Gasteiger partial charge < -0.3 is 10.1 Å². The van der Waals surface area contributed by atoms with E-state index in [1.807, 2.05) is 26.0 Å². The Bertz CT molecular complexity index is 787. The molecule has 2 N–H and O–H groups in total. The first-order valence-electron chi connectivity index (χ1n) is 5.69. The van der Waals surface area contributed by atoms with Gasteiger partial charge in [-0.2, -0.15) is 0 Å². The highest BCUT2D eigenvalue weighted by atomic mass is 16.4. The summed E-state index contributed by atoms with van der Waals surface area (Å²) in [6.45, 7) is 3.83. The molecule has 0 fully saturated rings. The fraction of sp³-hybridized carbons (Fsp3) is 0.143. The van der Waals surface area contributed by atoms with Crippen LogP contribution in [0.2, 0.25) is 0 Å². The Kier molecular flexibility index (Phi) is 2.13. The first-order valence-corrected chi connectivity index (χ1v) is 5.69. The molecule has 0 bridgehead atoms. The lowest BCUT2D eigenvalue weighted by Gasteiger charge is -1.99. The molecular formula is C14H12N2O2. The highest BCUT2D eigenvalue weighted by molar-refractivity contribution is 6.09. The maximum absolute atomic E-state index is 11.0. The van der Waals surface area contributed by atoms with Gasteiger partial charge in [-0.25, -0.2) is 9.78 Å². The molecule has 0 amide bonds. The van der Waals surface area contributed by atoms with Gasteiger partial charge in [-0.15, -0.1) is 0 Å². The van der Waals surface area contributed by atoms with Crippen LogP contribution in [0.15, 0.2) is 24.3 Å². The van der Waals surface area contributed by atoms with Crippen LogP contribution in [-0.4, -0.2) is 21.0 Å². The highest BCUT2D eigenvalue weighted by Gasteiger charge is 2.12. The number of benzene rings is 1. The molecule has 0 saturated carbocycles. The SMILES string of the molecule is Cc1ccc2[nH]c3c(C)nc(C(=O)O)cc3c2c1. The number of fused-ring (bicyclic) bond motifs is 3. The Morgan fingerprint density at radius 2 is 2.00 bits per heavy atom. The Morgan fingerprint density at radius 1 is 1.22 bits per heavy atom. The minimum atomic E-state index is -0.998. The van der Waals surface area contributed by atoms with E-state index in [2.05, 4.69) is 16.0 Å². The standard InChI is InChI=1S/C14H12N2O2/c1-7-3-4-11-9(5-7)10-6-12(14(17)18)15-8(2)13(10)16-11/h3-6,16H,1-2H3,(H,17,18). The van der Waals surface area contributed by atoms with Crippen LogP contribution in [0, 0.1) is 13.8 Å². The molecule has 4 heteroatoms. The summed E-state index contributed by atoms with van der Waals surface area (Å²) in [5, 5.41) is 11.0. The van der Waals surface area contributed by atoms with Crippen LogP contribution in [0.25, 0.3) is 21.8 Å². The molecule has 0 aliphatic carbocycles. The van der Waals surface area contributed by atoms with Crippen LogP contribution in [0.1, 0.15) is 21.7 Å². The third kappa shape index (κ3) is 1.46. The van der Waals surface area contributed by atoms with Gasteiger partial charge in [0.1, 0.15) is 5.69 Å². The number of aromatic carboxylic acids is 1. The summed E-state index contributed by atoms with van der Waals surface area (Å²) in [4.78, 5) is 18.4. The largest absolute Gasteiger partial charge is 0.477 e. The van der Waals surface area contributed by atoms with E-state index in [1.165, 1.54) is 0 Å². The number of hydrogen-bond donors (Lipinski definition) is 2. The van der Waals surface area contributed by atoms with Crippen LogP contribution < -0.4 is 0 Å². The zero-order valence-electron chi connectivity index (χ0n) is 10.1. The van der Waals surface area contributed by atoms with Crippen LogP contribution in [-0.2, 0) is 0 Å². The predicted octanol–water partition coefficient (Wildman–Crippen LogP) is 3.03. The normalized spacial score (nSPS) is 11.2. The first kappa shape index (κ1) is 10.8. The number of H-pyrrole nitrogens is 1. The quantitative estimate of drug-likeness (QED) is 0.687. The number of carboxylic acid groups (broad SMARTS) is 1. The van der Waals surface area contributed by atoms with Crippen molar-refractivity contribution in [2.75, 3.05) is 0 Å². The minimum Gasteiger partial charge on any atom is -0.477 e. The van der Waals surface area contributed by atoms with Gasteiger partial charge in [0.2, 0.25) is 0 Å². The Morgan fingerprint density at radius 3 is 2.72 bits per heavy atom. The Labute approximate surface area is 103 Å². The number of pyridine rings is 1. The Hall–Kier alpha value is -2.36. The lowest BCUT2D eigenvalue weighted by molar-refractivity contribution is 0.0690. The average Bonchev–Trinajstić information content (AvgIpc) is 2.68. The number of nitrogens with zero attached hydrogens (tertiary/aromatic N) is 1. The minimum absolute atomic E-state index is 0.0856. The van der Waals surface area contributed by atoms with Gasteiger partial charge in [0.25, 0.3) is 0 Å². The number of aryl methyl sites for hydroxylation is 2. The van der Waals surface area contributed by atoms with Crippen molar-refractivity contribution in [2.45, 2.75) is 13.8 Å².